The quantitative estimate of drug-likeness (QED) is 0.407. The predicted molar refractivity (Wildman–Crippen MR) is 34.3 cm³/mol. The van der Waals surface area contributed by atoms with Gasteiger partial charge in [0.15, 0.2) is 0 Å². The van der Waals surface area contributed by atoms with E-state index in [0.717, 1.165) is 5.06 Å². The molecule has 9 heavy (non-hydrogen) atoms. The van der Waals surface area contributed by atoms with Crippen LogP contribution >= 0.6 is 0 Å². The molecule has 0 aromatic rings. The third kappa shape index (κ3) is 2.46. The first-order valence-corrected chi connectivity index (χ1v) is 2.74. The van der Waals surface area contributed by atoms with Crippen molar-refractivity contribution in [2.24, 2.45) is 0 Å². The van der Waals surface area contributed by atoms with Gasteiger partial charge in [-0.2, -0.15) is 0 Å². The summed E-state index contributed by atoms with van der Waals surface area (Å²) in [5.74, 6) is 0. The Morgan fingerprint density at radius 2 is 1.89 bits per heavy atom. The highest BCUT2D eigenvalue weighted by atomic mass is 16.7. The Labute approximate surface area is 55.6 Å². The molecule has 3 nitrogen and oxygen atoms in total. The van der Waals surface area contributed by atoms with Crippen LogP contribution in [0.4, 0.5) is 0 Å². The highest BCUT2D eigenvalue weighted by Gasteiger charge is 2.19. The Morgan fingerprint density at radius 1 is 1.44 bits per heavy atom. The first-order chi connectivity index (χ1) is 4.02. The Kier molecular flexibility index (Phi) is 2.65. The first-order valence-electron chi connectivity index (χ1n) is 2.74. The van der Waals surface area contributed by atoms with E-state index in [1.165, 1.54) is 7.11 Å². The van der Waals surface area contributed by atoms with Crippen LogP contribution in [0, 0.1) is 0 Å². The van der Waals surface area contributed by atoms with Crippen molar-refractivity contribution in [2.45, 2.75) is 26.3 Å². The van der Waals surface area contributed by atoms with E-state index in [9.17, 15) is 4.79 Å². The van der Waals surface area contributed by atoms with Gasteiger partial charge in [0.2, 0.25) is 0 Å². The molecule has 0 aliphatic heterocycles. The van der Waals surface area contributed by atoms with Gasteiger partial charge in [0, 0.05) is 0 Å². The standard InChI is InChI=1S/C6H12NO2/c1-6(2,3)7(5-8)9-4/h1-4H3. The Morgan fingerprint density at radius 3 is 1.89 bits per heavy atom. The van der Waals surface area contributed by atoms with Crippen molar-refractivity contribution in [2.75, 3.05) is 7.11 Å². The summed E-state index contributed by atoms with van der Waals surface area (Å²) in [6.07, 6.45) is 1.65. The molecule has 0 fully saturated rings. The third-order valence-electron chi connectivity index (χ3n) is 0.875. The summed E-state index contributed by atoms with van der Waals surface area (Å²) in [5, 5.41) is 1.13. The number of hydroxylamine groups is 2. The summed E-state index contributed by atoms with van der Waals surface area (Å²) < 4.78 is 0. The zero-order valence-corrected chi connectivity index (χ0v) is 6.26. The molecular formula is C6H12NO2. The average molecular weight is 130 g/mol. The zero-order chi connectivity index (χ0) is 7.49. The molecule has 0 saturated heterocycles. The monoisotopic (exact) mass is 130 g/mol. The molecule has 0 aromatic carbocycles. The van der Waals surface area contributed by atoms with Gasteiger partial charge >= 0.3 is 6.41 Å². The fourth-order valence-corrected chi connectivity index (χ4v) is 0.448. The number of carbonyl (C=O) groups excluding carboxylic acids is 1. The summed E-state index contributed by atoms with van der Waals surface area (Å²) in [5.41, 5.74) is -0.295. The molecule has 3 heteroatoms. The van der Waals surface area contributed by atoms with Crippen molar-refractivity contribution in [3.05, 3.63) is 0 Å². The highest BCUT2D eigenvalue weighted by Crippen LogP contribution is 2.09. The molecule has 1 radical (unpaired) electrons. The molecule has 0 bridgehead atoms. The van der Waals surface area contributed by atoms with Crippen LogP contribution in [-0.2, 0) is 9.63 Å². The zero-order valence-electron chi connectivity index (χ0n) is 6.26. The van der Waals surface area contributed by atoms with E-state index in [4.69, 9.17) is 0 Å². The van der Waals surface area contributed by atoms with Crippen molar-refractivity contribution in [1.29, 1.82) is 0 Å². The van der Waals surface area contributed by atoms with Crippen LogP contribution in [0.5, 0.6) is 0 Å². The van der Waals surface area contributed by atoms with Gasteiger partial charge in [-0.25, -0.2) is 5.06 Å². The van der Waals surface area contributed by atoms with Gasteiger partial charge in [-0.05, 0) is 20.8 Å². The normalized spacial score (nSPS) is 11.1. The second kappa shape index (κ2) is 2.82. The molecule has 0 unspecified atom stereocenters. The fourth-order valence-electron chi connectivity index (χ4n) is 0.448. The topological polar surface area (TPSA) is 29.5 Å². The molecule has 53 valence electrons. The Balaban J connectivity index is 3.94. The van der Waals surface area contributed by atoms with Gasteiger partial charge in [-0.3, -0.25) is 9.63 Å². The van der Waals surface area contributed by atoms with Gasteiger partial charge in [0.05, 0.1) is 12.6 Å². The molecule has 0 rings (SSSR count). The van der Waals surface area contributed by atoms with Crippen molar-refractivity contribution in [3.63, 3.8) is 0 Å². The molecule has 0 saturated carbocycles. The molecule has 0 spiro atoms. The van der Waals surface area contributed by atoms with E-state index in [1.54, 1.807) is 6.41 Å². The second-order valence-electron chi connectivity index (χ2n) is 2.74. The van der Waals surface area contributed by atoms with Crippen LogP contribution in [0.15, 0.2) is 0 Å². The number of nitrogens with zero attached hydrogens (tertiary/aromatic N) is 1. The lowest BCUT2D eigenvalue weighted by atomic mass is 10.1. The van der Waals surface area contributed by atoms with Crippen molar-refractivity contribution < 1.29 is 9.63 Å². The summed E-state index contributed by atoms with van der Waals surface area (Å²) in [7, 11) is 1.44. The van der Waals surface area contributed by atoms with Crippen LogP contribution in [-0.4, -0.2) is 24.1 Å². The lowest BCUT2D eigenvalue weighted by molar-refractivity contribution is -0.124. The van der Waals surface area contributed by atoms with E-state index < -0.39 is 0 Å². The van der Waals surface area contributed by atoms with Gasteiger partial charge in [0.25, 0.3) is 0 Å². The van der Waals surface area contributed by atoms with Crippen LogP contribution < -0.4 is 0 Å². The van der Waals surface area contributed by atoms with Crippen LogP contribution in [0.3, 0.4) is 0 Å². The molecule has 0 heterocycles. The molecule has 0 aromatic heterocycles. The van der Waals surface area contributed by atoms with E-state index >= 15 is 0 Å². The summed E-state index contributed by atoms with van der Waals surface area (Å²) in [6.45, 7) is 5.59. The van der Waals surface area contributed by atoms with Gasteiger partial charge in [0.1, 0.15) is 0 Å². The molecule has 0 atom stereocenters. The number of rotatable bonds is 2. The minimum absolute atomic E-state index is 0.295. The Hall–Kier alpha value is -0.570. The highest BCUT2D eigenvalue weighted by molar-refractivity contribution is 5.47. The fraction of sp³-hybridized carbons (Fsp3) is 0.833. The average Bonchev–Trinajstić information content (AvgIpc) is 1.65. The smallest absolute Gasteiger partial charge is 0.273 e. The molecular weight excluding hydrogens is 118 g/mol. The minimum atomic E-state index is -0.295. The van der Waals surface area contributed by atoms with Crippen LogP contribution in [0.1, 0.15) is 20.8 Å². The summed E-state index contributed by atoms with van der Waals surface area (Å²) in [6, 6.07) is 0. The largest absolute Gasteiger partial charge is 0.338 e. The van der Waals surface area contributed by atoms with Crippen molar-refractivity contribution in [1.82, 2.24) is 5.06 Å². The summed E-state index contributed by atoms with van der Waals surface area (Å²) >= 11 is 0. The van der Waals surface area contributed by atoms with Gasteiger partial charge < -0.3 is 0 Å². The minimum Gasteiger partial charge on any atom is -0.273 e. The lowest BCUT2D eigenvalue weighted by Crippen LogP contribution is -2.39. The van der Waals surface area contributed by atoms with E-state index in [2.05, 4.69) is 4.84 Å². The lowest BCUT2D eigenvalue weighted by Gasteiger charge is -2.27. The van der Waals surface area contributed by atoms with Gasteiger partial charge in [-0.15, -0.1) is 0 Å². The van der Waals surface area contributed by atoms with Crippen molar-refractivity contribution in [3.8, 4) is 0 Å². The number of hydrogen-bond acceptors (Lipinski definition) is 2. The second-order valence-corrected chi connectivity index (χ2v) is 2.74. The molecule has 1 amide bonds. The maximum absolute atomic E-state index is 10.1. The Bertz CT molecular complexity index is 95.7. The maximum atomic E-state index is 10.1. The molecule has 0 aliphatic carbocycles. The molecule has 0 N–H and O–H groups in total. The van der Waals surface area contributed by atoms with Crippen LogP contribution in [0.25, 0.3) is 0 Å². The predicted octanol–water partition coefficient (Wildman–Crippen LogP) is 0.715. The van der Waals surface area contributed by atoms with Crippen LogP contribution in [0.2, 0.25) is 0 Å². The van der Waals surface area contributed by atoms with Gasteiger partial charge in [-0.1, -0.05) is 0 Å². The molecule has 0 aliphatic rings. The van der Waals surface area contributed by atoms with Crippen molar-refractivity contribution >= 4 is 6.41 Å². The van der Waals surface area contributed by atoms with E-state index in [1.807, 2.05) is 20.8 Å². The van der Waals surface area contributed by atoms with E-state index in [0.29, 0.717) is 0 Å². The number of amides is 1. The SMILES string of the molecule is CON([C]=O)C(C)(C)C. The summed E-state index contributed by atoms with van der Waals surface area (Å²) in [4.78, 5) is 14.7. The maximum Gasteiger partial charge on any atom is 0.338 e. The first kappa shape index (κ1) is 8.43. The van der Waals surface area contributed by atoms with E-state index in [-0.39, 0.29) is 5.54 Å². The third-order valence-corrected chi connectivity index (χ3v) is 0.875. The number of hydrogen-bond donors (Lipinski definition) is 0.